The maximum atomic E-state index is 11.9. The molecule has 0 aliphatic rings. The summed E-state index contributed by atoms with van der Waals surface area (Å²) in [6.07, 6.45) is 8.21. The molecule has 2 atom stereocenters. The van der Waals surface area contributed by atoms with Crippen molar-refractivity contribution in [3.63, 3.8) is 0 Å². The maximum Gasteiger partial charge on any atom is 0.339 e. The topological polar surface area (TPSA) is 77.8 Å². The van der Waals surface area contributed by atoms with Crippen LogP contribution in [0.15, 0.2) is 29.4 Å². The number of phenolic OH excluding ortho intramolecular Hbond substituents is 1. The van der Waals surface area contributed by atoms with Crippen LogP contribution >= 0.6 is 0 Å². The summed E-state index contributed by atoms with van der Waals surface area (Å²) in [5, 5.41) is 30.9. The fraction of sp³-hybridized carbons (Fsp3) is 0.542. The van der Waals surface area contributed by atoms with Gasteiger partial charge in [-0.2, -0.15) is 0 Å². The first-order valence-corrected chi connectivity index (χ1v) is 10.2. The summed E-state index contributed by atoms with van der Waals surface area (Å²) >= 11 is 0. The molecular formula is C24H36O4. The van der Waals surface area contributed by atoms with Crippen molar-refractivity contribution >= 4 is 5.97 Å². The number of hydrogen-bond acceptors (Lipinski definition) is 3. The van der Waals surface area contributed by atoms with E-state index >= 15 is 0 Å². The van der Waals surface area contributed by atoms with Gasteiger partial charge in [0.05, 0.1) is 0 Å². The van der Waals surface area contributed by atoms with Gasteiger partial charge in [-0.15, -0.1) is 0 Å². The summed E-state index contributed by atoms with van der Waals surface area (Å²) < 4.78 is 0. The zero-order chi connectivity index (χ0) is 21.4. The lowest BCUT2D eigenvalue weighted by atomic mass is 9.82. The minimum absolute atomic E-state index is 0.0404. The van der Waals surface area contributed by atoms with Crippen LogP contribution in [0.5, 0.6) is 11.5 Å². The Kier molecular flexibility index (Phi) is 9.30. The molecule has 4 nitrogen and oxygen atoms in total. The van der Waals surface area contributed by atoms with Crippen LogP contribution < -0.4 is 0 Å². The highest BCUT2D eigenvalue weighted by atomic mass is 16.4. The Morgan fingerprint density at radius 3 is 2.32 bits per heavy atom. The number of hydrogen-bond donors (Lipinski definition) is 3. The van der Waals surface area contributed by atoms with Gasteiger partial charge >= 0.3 is 5.97 Å². The minimum Gasteiger partial charge on any atom is -0.508 e. The second kappa shape index (κ2) is 10.9. The van der Waals surface area contributed by atoms with Crippen LogP contribution in [0.1, 0.15) is 94.6 Å². The SMILES string of the molecule is CCCC(C)C(C)c1cc(O)c(CC=C(C)CCC=C(C)C)c(O)c1C(=O)O. The van der Waals surface area contributed by atoms with Crippen molar-refractivity contribution < 1.29 is 20.1 Å². The molecule has 1 aromatic rings. The summed E-state index contributed by atoms with van der Waals surface area (Å²) in [5.41, 5.74) is 3.10. The van der Waals surface area contributed by atoms with E-state index in [1.807, 2.05) is 19.9 Å². The standard InChI is InChI=1S/C24H36O4/c1-7-9-17(5)18(6)20-14-21(25)19(23(26)22(20)24(27)28)13-12-16(4)11-8-10-15(2)3/h10,12,14,17-18,25-26H,7-9,11,13H2,1-6H3,(H,27,28). The molecule has 0 aliphatic carbocycles. The third-order valence-electron chi connectivity index (χ3n) is 5.46. The maximum absolute atomic E-state index is 11.9. The number of rotatable bonds is 10. The molecule has 0 bridgehead atoms. The zero-order valence-corrected chi connectivity index (χ0v) is 18.2. The fourth-order valence-corrected chi connectivity index (χ4v) is 3.48. The van der Waals surface area contributed by atoms with Gasteiger partial charge in [-0.05, 0) is 63.5 Å². The van der Waals surface area contributed by atoms with Crippen LogP contribution in [0, 0.1) is 5.92 Å². The van der Waals surface area contributed by atoms with E-state index in [1.165, 1.54) is 11.6 Å². The quantitative estimate of drug-likeness (QED) is 0.396. The van der Waals surface area contributed by atoms with Crippen molar-refractivity contribution in [2.75, 3.05) is 0 Å². The molecule has 0 heterocycles. The van der Waals surface area contributed by atoms with E-state index in [-0.39, 0.29) is 34.5 Å². The van der Waals surface area contributed by atoms with E-state index in [4.69, 9.17) is 0 Å². The van der Waals surface area contributed by atoms with Gasteiger partial charge < -0.3 is 15.3 Å². The molecule has 0 aromatic heterocycles. The Morgan fingerprint density at radius 2 is 1.79 bits per heavy atom. The zero-order valence-electron chi connectivity index (χ0n) is 18.2. The van der Waals surface area contributed by atoms with E-state index in [0.717, 1.165) is 31.3 Å². The molecule has 3 N–H and O–H groups in total. The van der Waals surface area contributed by atoms with E-state index in [0.29, 0.717) is 12.0 Å². The summed E-state index contributed by atoms with van der Waals surface area (Å²) in [6, 6.07) is 1.53. The van der Waals surface area contributed by atoms with Crippen molar-refractivity contribution in [2.45, 2.75) is 79.6 Å². The van der Waals surface area contributed by atoms with Crippen LogP contribution in [0.25, 0.3) is 0 Å². The third-order valence-corrected chi connectivity index (χ3v) is 5.46. The molecule has 0 radical (unpaired) electrons. The predicted molar refractivity (Wildman–Crippen MR) is 115 cm³/mol. The smallest absolute Gasteiger partial charge is 0.339 e. The van der Waals surface area contributed by atoms with Crippen LogP contribution in [-0.4, -0.2) is 21.3 Å². The van der Waals surface area contributed by atoms with Gasteiger partial charge in [-0.3, -0.25) is 0 Å². The molecule has 4 heteroatoms. The molecule has 2 unspecified atom stereocenters. The second-order valence-corrected chi connectivity index (χ2v) is 8.12. The molecule has 1 aromatic carbocycles. The number of benzene rings is 1. The Bertz CT molecular complexity index is 739. The molecule has 0 saturated heterocycles. The molecule has 0 aliphatic heterocycles. The van der Waals surface area contributed by atoms with Crippen LogP contribution in [0.4, 0.5) is 0 Å². The molecule has 0 spiro atoms. The first kappa shape index (κ1) is 23.8. The van der Waals surface area contributed by atoms with Gasteiger partial charge in [0.2, 0.25) is 0 Å². The van der Waals surface area contributed by atoms with Crippen LogP contribution in [-0.2, 0) is 6.42 Å². The Labute approximate surface area is 169 Å². The first-order chi connectivity index (χ1) is 13.1. The van der Waals surface area contributed by atoms with Gasteiger partial charge in [-0.1, -0.05) is 56.9 Å². The summed E-state index contributed by atoms with van der Waals surface area (Å²) in [7, 11) is 0. The van der Waals surface area contributed by atoms with E-state index in [2.05, 4.69) is 33.8 Å². The molecule has 0 fully saturated rings. The highest BCUT2D eigenvalue weighted by molar-refractivity contribution is 5.94. The normalized spacial score (nSPS) is 13.9. The number of carboxylic acid groups (broad SMARTS) is 1. The van der Waals surface area contributed by atoms with Gasteiger partial charge in [-0.25, -0.2) is 4.79 Å². The Morgan fingerprint density at radius 1 is 1.14 bits per heavy atom. The van der Waals surface area contributed by atoms with Gasteiger partial charge in [0.1, 0.15) is 17.1 Å². The highest BCUT2D eigenvalue weighted by Crippen LogP contribution is 2.40. The number of phenols is 2. The lowest BCUT2D eigenvalue weighted by Crippen LogP contribution is -2.13. The molecular weight excluding hydrogens is 352 g/mol. The number of allylic oxidation sites excluding steroid dienone is 4. The average molecular weight is 389 g/mol. The summed E-state index contributed by atoms with van der Waals surface area (Å²) in [5.74, 6) is -1.33. The van der Waals surface area contributed by atoms with Crippen molar-refractivity contribution in [3.05, 3.63) is 46.1 Å². The average Bonchev–Trinajstić information content (AvgIpc) is 2.59. The fourth-order valence-electron chi connectivity index (χ4n) is 3.48. The molecule has 0 saturated carbocycles. The lowest BCUT2D eigenvalue weighted by molar-refractivity contribution is 0.0691. The second-order valence-electron chi connectivity index (χ2n) is 8.12. The van der Waals surface area contributed by atoms with Gasteiger partial charge in [0.15, 0.2) is 0 Å². The molecule has 28 heavy (non-hydrogen) atoms. The van der Waals surface area contributed by atoms with E-state index in [1.54, 1.807) is 0 Å². The van der Waals surface area contributed by atoms with Crippen molar-refractivity contribution in [1.29, 1.82) is 0 Å². The Hall–Kier alpha value is -2.23. The highest BCUT2D eigenvalue weighted by Gasteiger charge is 2.26. The number of aromatic hydroxyl groups is 2. The summed E-state index contributed by atoms with van der Waals surface area (Å²) in [6.45, 7) is 12.2. The van der Waals surface area contributed by atoms with Crippen molar-refractivity contribution in [3.8, 4) is 11.5 Å². The lowest BCUT2D eigenvalue weighted by Gasteiger charge is -2.23. The molecule has 0 amide bonds. The number of aromatic carboxylic acids is 1. The van der Waals surface area contributed by atoms with Gasteiger partial charge in [0, 0.05) is 5.56 Å². The van der Waals surface area contributed by atoms with E-state index < -0.39 is 5.97 Å². The number of carboxylic acids is 1. The monoisotopic (exact) mass is 388 g/mol. The summed E-state index contributed by atoms with van der Waals surface area (Å²) in [4.78, 5) is 11.9. The minimum atomic E-state index is -1.16. The third kappa shape index (κ3) is 6.43. The van der Waals surface area contributed by atoms with Crippen molar-refractivity contribution in [1.82, 2.24) is 0 Å². The van der Waals surface area contributed by atoms with Crippen molar-refractivity contribution in [2.24, 2.45) is 5.92 Å². The first-order valence-electron chi connectivity index (χ1n) is 10.2. The molecule has 1 rings (SSSR count). The largest absolute Gasteiger partial charge is 0.508 e. The van der Waals surface area contributed by atoms with Crippen LogP contribution in [0.3, 0.4) is 0 Å². The van der Waals surface area contributed by atoms with Gasteiger partial charge in [0.25, 0.3) is 0 Å². The van der Waals surface area contributed by atoms with E-state index in [9.17, 15) is 20.1 Å². The molecule has 156 valence electrons. The number of carbonyl (C=O) groups is 1. The Balaban J connectivity index is 3.21. The van der Waals surface area contributed by atoms with Crippen LogP contribution in [0.2, 0.25) is 0 Å². The predicted octanol–water partition coefficient (Wildman–Crippen LogP) is 6.57.